The fourth-order valence-corrected chi connectivity index (χ4v) is 1.20. The Hall–Kier alpha value is 0.0800. The minimum Gasteiger partial charge on any atom is -0.498 e. The molecule has 1 fully saturated rings. The molecule has 1 aliphatic rings. The van der Waals surface area contributed by atoms with E-state index in [1.807, 2.05) is 6.92 Å². The van der Waals surface area contributed by atoms with Crippen LogP contribution in [0.25, 0.3) is 0 Å². The van der Waals surface area contributed by atoms with Crippen LogP contribution in [-0.4, -0.2) is 16.2 Å². The van der Waals surface area contributed by atoms with Crippen LogP contribution in [0.3, 0.4) is 0 Å². The summed E-state index contributed by atoms with van der Waals surface area (Å²) in [7, 11) is 0. The first-order valence-corrected chi connectivity index (χ1v) is 4.97. The Morgan fingerprint density at radius 1 is 1.62 bits per heavy atom. The van der Waals surface area contributed by atoms with Gasteiger partial charge in [0, 0.05) is 12.5 Å². The predicted molar refractivity (Wildman–Crippen MR) is 53.1 cm³/mol. The second kappa shape index (κ2) is 4.07. The van der Waals surface area contributed by atoms with Gasteiger partial charge in [-0.05, 0) is 5.92 Å². The number of ketones is 1. The number of hydrogen-bond acceptors (Lipinski definition) is 2. The molecular formula is C8H9Cl3O2. The van der Waals surface area contributed by atoms with E-state index in [1.165, 1.54) is 6.08 Å². The van der Waals surface area contributed by atoms with Crippen LogP contribution in [0, 0.1) is 5.92 Å². The number of rotatable bonds is 1. The van der Waals surface area contributed by atoms with Crippen LogP contribution in [-0.2, 0) is 9.53 Å². The van der Waals surface area contributed by atoms with Crippen molar-refractivity contribution in [1.82, 2.24) is 0 Å². The van der Waals surface area contributed by atoms with Crippen LogP contribution in [0.2, 0.25) is 0 Å². The van der Waals surface area contributed by atoms with Crippen LogP contribution in [0.5, 0.6) is 0 Å². The van der Waals surface area contributed by atoms with Crippen LogP contribution in [0.4, 0.5) is 0 Å². The van der Waals surface area contributed by atoms with Crippen molar-refractivity contribution in [2.75, 3.05) is 6.61 Å². The molecule has 0 saturated carbocycles. The molecule has 74 valence electrons. The topological polar surface area (TPSA) is 26.3 Å². The van der Waals surface area contributed by atoms with Gasteiger partial charge in [-0.3, -0.25) is 4.79 Å². The van der Waals surface area contributed by atoms with E-state index >= 15 is 0 Å². The van der Waals surface area contributed by atoms with Gasteiger partial charge in [-0.25, -0.2) is 0 Å². The van der Waals surface area contributed by atoms with Gasteiger partial charge in [0.25, 0.3) is 3.79 Å². The zero-order valence-corrected chi connectivity index (χ0v) is 9.29. The van der Waals surface area contributed by atoms with Crippen molar-refractivity contribution in [2.24, 2.45) is 5.92 Å². The summed E-state index contributed by atoms with van der Waals surface area (Å²) < 4.78 is 3.32. The summed E-state index contributed by atoms with van der Waals surface area (Å²) in [5.74, 6) is 0.472. The van der Waals surface area contributed by atoms with Gasteiger partial charge < -0.3 is 4.74 Å². The number of halogens is 3. The average molecular weight is 244 g/mol. The Morgan fingerprint density at radius 2 is 2.23 bits per heavy atom. The number of hydrogen-bond donors (Lipinski definition) is 0. The quantitative estimate of drug-likeness (QED) is 0.523. The molecule has 2 nitrogen and oxygen atoms in total. The first kappa shape index (κ1) is 11.2. The Labute approximate surface area is 91.8 Å². The normalized spacial score (nSPS) is 26.2. The molecule has 13 heavy (non-hydrogen) atoms. The molecule has 0 spiro atoms. The molecular weight excluding hydrogens is 234 g/mol. The largest absolute Gasteiger partial charge is 0.498 e. The summed E-state index contributed by atoms with van der Waals surface area (Å²) in [6, 6.07) is 0. The fourth-order valence-electron chi connectivity index (χ4n) is 1.04. The zero-order valence-electron chi connectivity index (χ0n) is 7.02. The van der Waals surface area contributed by atoms with Crippen LogP contribution in [0.15, 0.2) is 11.8 Å². The van der Waals surface area contributed by atoms with E-state index in [1.54, 1.807) is 0 Å². The first-order chi connectivity index (χ1) is 5.89. The zero-order chi connectivity index (χ0) is 10.1. The third-order valence-electron chi connectivity index (χ3n) is 1.67. The van der Waals surface area contributed by atoms with Gasteiger partial charge in [0.2, 0.25) is 5.78 Å². The number of carbonyl (C=O) groups excluding carboxylic acids is 1. The summed E-state index contributed by atoms with van der Waals surface area (Å²) in [5.41, 5.74) is 0. The molecule has 0 aliphatic carbocycles. The van der Waals surface area contributed by atoms with Gasteiger partial charge in [-0.2, -0.15) is 0 Å². The third kappa shape index (κ3) is 3.37. The van der Waals surface area contributed by atoms with Crippen LogP contribution >= 0.6 is 34.8 Å². The molecule has 1 atom stereocenters. The SMILES string of the molecule is C[C@H]1CO/C(=C/C(=O)C(Cl)(Cl)Cl)C1. The van der Waals surface area contributed by atoms with Crippen molar-refractivity contribution in [2.45, 2.75) is 17.1 Å². The number of ether oxygens (including phenoxy) is 1. The van der Waals surface area contributed by atoms with Crippen molar-refractivity contribution < 1.29 is 9.53 Å². The van der Waals surface area contributed by atoms with Gasteiger partial charge in [0.1, 0.15) is 5.76 Å². The van der Waals surface area contributed by atoms with Gasteiger partial charge in [0.15, 0.2) is 0 Å². The summed E-state index contributed by atoms with van der Waals surface area (Å²) in [6.07, 6.45) is 1.99. The lowest BCUT2D eigenvalue weighted by Gasteiger charge is -2.05. The highest BCUT2D eigenvalue weighted by Gasteiger charge is 2.30. The number of allylic oxidation sites excluding steroid dienone is 2. The molecule has 0 N–H and O–H groups in total. The van der Waals surface area contributed by atoms with Gasteiger partial charge in [-0.1, -0.05) is 41.7 Å². The Bertz CT molecular complexity index is 242. The smallest absolute Gasteiger partial charge is 0.252 e. The average Bonchev–Trinajstić information content (AvgIpc) is 2.33. The number of alkyl halides is 3. The molecule has 0 bridgehead atoms. The molecule has 1 saturated heterocycles. The lowest BCUT2D eigenvalue weighted by molar-refractivity contribution is -0.114. The highest BCUT2D eigenvalue weighted by molar-refractivity contribution is 6.77. The molecule has 0 aromatic carbocycles. The van der Waals surface area contributed by atoms with E-state index in [4.69, 9.17) is 39.5 Å². The minimum atomic E-state index is -1.87. The van der Waals surface area contributed by atoms with Crippen molar-refractivity contribution in [3.63, 3.8) is 0 Å². The van der Waals surface area contributed by atoms with E-state index in [9.17, 15) is 4.79 Å². The maximum atomic E-state index is 11.2. The summed E-state index contributed by atoms with van der Waals surface area (Å²) in [4.78, 5) is 11.2. The molecule has 0 aromatic heterocycles. The molecule has 1 heterocycles. The second-order valence-electron chi connectivity index (χ2n) is 3.09. The van der Waals surface area contributed by atoms with Crippen molar-refractivity contribution in [3.05, 3.63) is 11.8 Å². The Kier molecular flexibility index (Phi) is 3.50. The maximum Gasteiger partial charge on any atom is 0.252 e. The Balaban J connectivity index is 2.62. The van der Waals surface area contributed by atoms with Gasteiger partial charge in [-0.15, -0.1) is 0 Å². The molecule has 1 rings (SSSR count). The summed E-state index contributed by atoms with van der Waals surface area (Å²) >= 11 is 16.1. The van der Waals surface area contributed by atoms with Crippen molar-refractivity contribution in [3.8, 4) is 0 Å². The lowest BCUT2D eigenvalue weighted by atomic mass is 10.1. The van der Waals surface area contributed by atoms with E-state index in [0.29, 0.717) is 18.3 Å². The minimum absolute atomic E-state index is 0.425. The van der Waals surface area contributed by atoms with Crippen LogP contribution in [0.1, 0.15) is 13.3 Å². The first-order valence-electron chi connectivity index (χ1n) is 3.84. The van der Waals surface area contributed by atoms with Crippen molar-refractivity contribution >= 4 is 40.6 Å². The molecule has 5 heteroatoms. The van der Waals surface area contributed by atoms with Gasteiger partial charge in [0.05, 0.1) is 6.61 Å². The van der Waals surface area contributed by atoms with E-state index in [2.05, 4.69) is 0 Å². The molecule has 0 amide bonds. The highest BCUT2D eigenvalue weighted by atomic mass is 35.6. The summed E-state index contributed by atoms with van der Waals surface area (Å²) in [6.45, 7) is 2.65. The number of carbonyl (C=O) groups is 1. The monoisotopic (exact) mass is 242 g/mol. The fraction of sp³-hybridized carbons (Fsp3) is 0.625. The van der Waals surface area contributed by atoms with E-state index in [0.717, 1.165) is 6.42 Å². The molecule has 0 aromatic rings. The van der Waals surface area contributed by atoms with Crippen LogP contribution < -0.4 is 0 Å². The third-order valence-corrected chi connectivity index (χ3v) is 2.23. The van der Waals surface area contributed by atoms with E-state index < -0.39 is 9.58 Å². The van der Waals surface area contributed by atoms with Crippen molar-refractivity contribution in [1.29, 1.82) is 0 Å². The molecule has 0 unspecified atom stereocenters. The summed E-state index contributed by atoms with van der Waals surface area (Å²) in [5, 5.41) is 0. The van der Waals surface area contributed by atoms with Gasteiger partial charge >= 0.3 is 0 Å². The Morgan fingerprint density at radius 3 is 2.62 bits per heavy atom. The molecule has 0 radical (unpaired) electrons. The second-order valence-corrected chi connectivity index (χ2v) is 5.37. The standard InChI is InChI=1S/C8H9Cl3O2/c1-5-2-6(13-4-5)3-7(12)8(9,10)11/h3,5H,2,4H2,1H3/b6-3+/t5-/m1/s1. The maximum absolute atomic E-state index is 11.2. The lowest BCUT2D eigenvalue weighted by Crippen LogP contribution is -2.16. The van der Waals surface area contributed by atoms with E-state index in [-0.39, 0.29) is 0 Å². The predicted octanol–water partition coefficient (Wildman–Crippen LogP) is 2.87. The molecule has 1 aliphatic heterocycles. The highest BCUT2D eigenvalue weighted by Crippen LogP contribution is 2.30.